The molecular weight excluding hydrogens is 445 g/mol. The highest BCUT2D eigenvalue weighted by Crippen LogP contribution is 2.32. The second kappa shape index (κ2) is 9.99. The fourth-order valence-electron chi connectivity index (χ4n) is 3.27. The van der Waals surface area contributed by atoms with Crippen LogP contribution in [-0.2, 0) is 16.4 Å². The Kier molecular flexibility index (Phi) is 7.29. The van der Waals surface area contributed by atoms with Crippen LogP contribution in [0.1, 0.15) is 42.3 Å². The topological polar surface area (TPSA) is 67.4 Å². The van der Waals surface area contributed by atoms with Crippen molar-refractivity contribution in [3.8, 4) is 5.75 Å². The van der Waals surface area contributed by atoms with Crippen molar-refractivity contribution in [1.29, 1.82) is 0 Å². The van der Waals surface area contributed by atoms with Crippen LogP contribution in [0, 0.1) is 0 Å². The zero-order valence-electron chi connectivity index (χ0n) is 19.0. The van der Waals surface area contributed by atoms with Gasteiger partial charge in [-0.3, -0.25) is 9.59 Å². The minimum absolute atomic E-state index is 0.0141. The number of hydrogen-bond acceptors (Lipinski definition) is 3. The molecule has 0 radical (unpaired) electrons. The smallest absolute Gasteiger partial charge is 0.416 e. The third-order valence-corrected chi connectivity index (χ3v) is 4.91. The molecule has 0 spiro atoms. The van der Waals surface area contributed by atoms with Crippen molar-refractivity contribution in [3.05, 3.63) is 89.5 Å². The number of para-hydroxylation sites is 1. The van der Waals surface area contributed by atoms with Crippen molar-refractivity contribution in [2.24, 2.45) is 0 Å². The van der Waals surface area contributed by atoms with Crippen LogP contribution in [0.3, 0.4) is 0 Å². The number of benzene rings is 3. The Balaban J connectivity index is 1.64. The molecule has 0 bridgehead atoms. The summed E-state index contributed by atoms with van der Waals surface area (Å²) < 4.78 is 44.4. The van der Waals surface area contributed by atoms with Crippen LogP contribution in [0.5, 0.6) is 5.75 Å². The molecule has 3 aromatic rings. The Hall–Kier alpha value is -3.81. The fraction of sp³-hybridized carbons (Fsp3) is 0.231. The van der Waals surface area contributed by atoms with Crippen molar-refractivity contribution in [2.45, 2.75) is 32.4 Å². The maximum Gasteiger partial charge on any atom is 0.416 e. The van der Waals surface area contributed by atoms with Gasteiger partial charge >= 0.3 is 6.18 Å². The van der Waals surface area contributed by atoms with Crippen LogP contribution >= 0.6 is 0 Å². The quantitative estimate of drug-likeness (QED) is 0.446. The van der Waals surface area contributed by atoms with Crippen LogP contribution in [0.2, 0.25) is 0 Å². The number of anilines is 2. The standard InChI is InChI=1S/C26H25F3N2O3/c1-25(2,3)21-12-4-5-13-22(21)34-16-23(32)30-19-10-6-8-17(14-19)24(33)31-20-11-7-9-18(15-20)26(27,28)29/h4-15H,16H2,1-3H3,(H,30,32)(H,31,33). The van der Waals surface area contributed by atoms with Crippen LogP contribution in [0.25, 0.3) is 0 Å². The maximum atomic E-state index is 12.9. The number of carbonyl (C=O) groups is 2. The van der Waals surface area contributed by atoms with Gasteiger partial charge < -0.3 is 15.4 Å². The van der Waals surface area contributed by atoms with Gasteiger partial charge in [0, 0.05) is 16.9 Å². The van der Waals surface area contributed by atoms with Crippen LogP contribution in [0.15, 0.2) is 72.8 Å². The molecule has 0 heterocycles. The Bertz CT molecular complexity index is 1180. The summed E-state index contributed by atoms with van der Waals surface area (Å²) in [5.74, 6) is -0.413. The van der Waals surface area contributed by atoms with E-state index in [1.807, 2.05) is 39.0 Å². The minimum atomic E-state index is -4.51. The zero-order chi connectivity index (χ0) is 24.9. The molecule has 0 atom stereocenters. The first-order valence-corrected chi connectivity index (χ1v) is 10.5. The van der Waals surface area contributed by atoms with Gasteiger partial charge in [0.15, 0.2) is 6.61 Å². The summed E-state index contributed by atoms with van der Waals surface area (Å²) in [6, 6.07) is 17.9. The molecule has 0 fully saturated rings. The first-order valence-electron chi connectivity index (χ1n) is 10.5. The molecule has 0 unspecified atom stereocenters. The number of halogens is 3. The minimum Gasteiger partial charge on any atom is -0.483 e. The molecule has 0 saturated heterocycles. The van der Waals surface area contributed by atoms with E-state index in [0.717, 1.165) is 17.7 Å². The molecule has 178 valence electrons. The molecule has 3 aromatic carbocycles. The largest absolute Gasteiger partial charge is 0.483 e. The van der Waals surface area contributed by atoms with Crippen LogP contribution in [-0.4, -0.2) is 18.4 Å². The number of hydrogen-bond donors (Lipinski definition) is 2. The molecule has 2 amide bonds. The summed E-state index contributed by atoms with van der Waals surface area (Å²) in [4.78, 5) is 24.9. The van der Waals surface area contributed by atoms with Crippen molar-refractivity contribution in [3.63, 3.8) is 0 Å². The number of alkyl halides is 3. The molecule has 8 heteroatoms. The Morgan fingerprint density at radius 3 is 2.15 bits per heavy atom. The number of carbonyl (C=O) groups excluding carboxylic acids is 2. The predicted octanol–water partition coefficient (Wildman–Crippen LogP) is 6.27. The van der Waals surface area contributed by atoms with Crippen LogP contribution < -0.4 is 15.4 Å². The van der Waals surface area contributed by atoms with Gasteiger partial charge in [-0.25, -0.2) is 0 Å². The lowest BCUT2D eigenvalue weighted by Crippen LogP contribution is -2.22. The van der Waals surface area contributed by atoms with E-state index in [4.69, 9.17) is 4.74 Å². The molecule has 3 rings (SSSR count). The van der Waals surface area contributed by atoms with Gasteiger partial charge in [-0.05, 0) is 53.4 Å². The van der Waals surface area contributed by atoms with Crippen molar-refractivity contribution in [1.82, 2.24) is 0 Å². The maximum absolute atomic E-state index is 12.9. The lowest BCUT2D eigenvalue weighted by molar-refractivity contribution is -0.137. The first kappa shape index (κ1) is 24.8. The van der Waals surface area contributed by atoms with Gasteiger partial charge in [-0.1, -0.05) is 51.1 Å². The highest BCUT2D eigenvalue weighted by atomic mass is 19.4. The predicted molar refractivity (Wildman–Crippen MR) is 125 cm³/mol. The van der Waals surface area contributed by atoms with E-state index in [1.165, 1.54) is 24.3 Å². The average molecular weight is 470 g/mol. The molecule has 0 aromatic heterocycles. The highest BCUT2D eigenvalue weighted by molar-refractivity contribution is 6.05. The molecule has 0 aliphatic carbocycles. The van der Waals surface area contributed by atoms with Gasteiger partial charge in [0.2, 0.25) is 0 Å². The summed E-state index contributed by atoms with van der Waals surface area (Å²) in [5, 5.41) is 5.11. The van der Waals surface area contributed by atoms with E-state index in [1.54, 1.807) is 18.2 Å². The van der Waals surface area contributed by atoms with Gasteiger partial charge in [0.25, 0.3) is 11.8 Å². The van der Waals surface area contributed by atoms with Gasteiger partial charge in [-0.2, -0.15) is 13.2 Å². The summed E-state index contributed by atoms with van der Waals surface area (Å²) in [5.41, 5.74) is 0.494. The average Bonchev–Trinajstić information content (AvgIpc) is 2.77. The number of ether oxygens (including phenoxy) is 1. The summed E-state index contributed by atoms with van der Waals surface area (Å²) >= 11 is 0. The first-order chi connectivity index (χ1) is 15.9. The fourth-order valence-corrected chi connectivity index (χ4v) is 3.27. The highest BCUT2D eigenvalue weighted by Gasteiger charge is 2.30. The van der Waals surface area contributed by atoms with E-state index in [2.05, 4.69) is 10.6 Å². The second-order valence-corrected chi connectivity index (χ2v) is 8.70. The third-order valence-electron chi connectivity index (χ3n) is 4.91. The Labute approximate surface area is 195 Å². The monoisotopic (exact) mass is 470 g/mol. The van der Waals surface area contributed by atoms with Gasteiger partial charge in [0.05, 0.1) is 5.56 Å². The van der Waals surface area contributed by atoms with Crippen molar-refractivity contribution < 1.29 is 27.5 Å². The van der Waals surface area contributed by atoms with Gasteiger partial charge in [-0.15, -0.1) is 0 Å². The lowest BCUT2D eigenvalue weighted by atomic mass is 9.86. The van der Waals surface area contributed by atoms with E-state index < -0.39 is 23.6 Å². The molecule has 0 aliphatic rings. The number of nitrogens with one attached hydrogen (secondary N) is 2. The molecular formula is C26H25F3N2O3. The van der Waals surface area contributed by atoms with Crippen LogP contribution in [0.4, 0.5) is 24.5 Å². The zero-order valence-corrected chi connectivity index (χ0v) is 19.0. The molecule has 5 nitrogen and oxygen atoms in total. The van der Waals surface area contributed by atoms with Crippen molar-refractivity contribution in [2.75, 3.05) is 17.2 Å². The van der Waals surface area contributed by atoms with E-state index in [0.29, 0.717) is 11.4 Å². The SMILES string of the molecule is CC(C)(C)c1ccccc1OCC(=O)Nc1cccc(C(=O)Nc2cccc(C(F)(F)F)c2)c1. The van der Waals surface area contributed by atoms with E-state index in [-0.39, 0.29) is 23.3 Å². The molecule has 2 N–H and O–H groups in total. The summed E-state index contributed by atoms with van der Waals surface area (Å²) in [6.07, 6.45) is -4.51. The Morgan fingerprint density at radius 1 is 0.824 bits per heavy atom. The van der Waals surface area contributed by atoms with Crippen molar-refractivity contribution >= 4 is 23.2 Å². The molecule has 0 saturated carbocycles. The normalized spacial score (nSPS) is 11.6. The molecule has 0 aliphatic heterocycles. The van der Waals surface area contributed by atoms with E-state index >= 15 is 0 Å². The van der Waals surface area contributed by atoms with E-state index in [9.17, 15) is 22.8 Å². The summed E-state index contributed by atoms with van der Waals surface area (Å²) in [7, 11) is 0. The third kappa shape index (κ3) is 6.60. The van der Waals surface area contributed by atoms with Gasteiger partial charge in [0.1, 0.15) is 5.75 Å². The summed E-state index contributed by atoms with van der Waals surface area (Å²) in [6.45, 7) is 5.91. The molecule has 34 heavy (non-hydrogen) atoms. The number of rotatable bonds is 6. The number of amides is 2. The second-order valence-electron chi connectivity index (χ2n) is 8.70. The lowest BCUT2D eigenvalue weighted by Gasteiger charge is -2.22. The Morgan fingerprint density at radius 2 is 1.47 bits per heavy atom.